The molecule has 1 aromatic heterocycles. The van der Waals surface area contributed by atoms with Gasteiger partial charge in [-0.1, -0.05) is 54.6 Å². The van der Waals surface area contributed by atoms with E-state index in [-0.39, 0.29) is 25.0 Å². The van der Waals surface area contributed by atoms with Gasteiger partial charge in [0.15, 0.2) is 0 Å². The van der Waals surface area contributed by atoms with E-state index in [9.17, 15) is 4.79 Å². The number of rotatable bonds is 6. The third kappa shape index (κ3) is 4.04. The van der Waals surface area contributed by atoms with Crippen molar-refractivity contribution in [2.75, 3.05) is 6.61 Å². The van der Waals surface area contributed by atoms with Crippen LogP contribution in [0.1, 0.15) is 35.6 Å². The Kier molecular flexibility index (Phi) is 5.47. The molecule has 2 aliphatic rings. The van der Waals surface area contributed by atoms with Gasteiger partial charge in [0.1, 0.15) is 6.04 Å². The molecule has 0 fully saturated rings. The van der Waals surface area contributed by atoms with E-state index in [0.717, 1.165) is 40.7 Å². The fourth-order valence-corrected chi connectivity index (χ4v) is 5.13. The monoisotopic (exact) mass is 464 g/mol. The number of carboxylic acid groups (broad SMARTS) is 1. The number of hydroxylamine groups is 1. The fourth-order valence-electron chi connectivity index (χ4n) is 5.13. The van der Waals surface area contributed by atoms with Crippen molar-refractivity contribution in [1.82, 2.24) is 15.1 Å². The van der Waals surface area contributed by atoms with Gasteiger partial charge in [-0.3, -0.25) is 19.6 Å². The second-order valence-electron chi connectivity index (χ2n) is 8.90. The van der Waals surface area contributed by atoms with Crippen molar-refractivity contribution in [3.05, 3.63) is 95.8 Å². The molecule has 0 radical (unpaired) electrons. The van der Waals surface area contributed by atoms with Crippen LogP contribution in [0, 0.1) is 5.92 Å². The van der Waals surface area contributed by atoms with E-state index in [1.807, 2.05) is 24.3 Å². The molecule has 0 bridgehead atoms. The molecule has 0 saturated heterocycles. The molecule has 2 unspecified atom stereocenters. The first kappa shape index (κ1) is 21.4. The lowest BCUT2D eigenvalue weighted by Gasteiger charge is -2.30. The van der Waals surface area contributed by atoms with Crippen molar-refractivity contribution >= 4 is 22.7 Å². The van der Waals surface area contributed by atoms with Crippen LogP contribution in [0.15, 0.2) is 84.2 Å². The summed E-state index contributed by atoms with van der Waals surface area (Å²) < 4.78 is 0. The zero-order chi connectivity index (χ0) is 23.8. The zero-order valence-corrected chi connectivity index (χ0v) is 19.0. The van der Waals surface area contributed by atoms with E-state index in [1.165, 1.54) is 16.7 Å². The van der Waals surface area contributed by atoms with Crippen LogP contribution in [0.3, 0.4) is 0 Å². The first-order valence-corrected chi connectivity index (χ1v) is 11.8. The molecule has 0 saturated carbocycles. The molecule has 6 rings (SSSR count). The van der Waals surface area contributed by atoms with Gasteiger partial charge < -0.3 is 5.11 Å². The van der Waals surface area contributed by atoms with Gasteiger partial charge >= 0.3 is 5.97 Å². The summed E-state index contributed by atoms with van der Waals surface area (Å²) in [6.45, 7) is 0.0581. The number of aryl methyl sites for hydroxylation is 1. The minimum atomic E-state index is -0.898. The van der Waals surface area contributed by atoms with Crippen molar-refractivity contribution in [3.63, 3.8) is 0 Å². The summed E-state index contributed by atoms with van der Waals surface area (Å²) in [6.07, 6.45) is 5.14. The lowest BCUT2D eigenvalue weighted by Crippen LogP contribution is -2.29. The Morgan fingerprint density at radius 2 is 1.80 bits per heavy atom. The number of aromatic nitrogens is 2. The van der Waals surface area contributed by atoms with Crippen molar-refractivity contribution in [2.45, 2.75) is 25.3 Å². The van der Waals surface area contributed by atoms with Gasteiger partial charge in [-0.15, -0.1) is 0 Å². The van der Waals surface area contributed by atoms with Gasteiger partial charge in [0.05, 0.1) is 29.8 Å². The van der Waals surface area contributed by atoms with Crippen LogP contribution in [0.25, 0.3) is 22.2 Å². The standard InChI is InChI=1S/C28H24N4O3/c33-26(34)12-15-35-32-28(21-8-11-24-25(17-21)30-14-13-29-24)23-10-7-20-16-19(18-4-2-1-3-5-18)6-9-22(20)27(23)31-32/h1-6,8-9,11,13-14,16-17,23,28H,7,10,12,15H2,(H,33,34). The Morgan fingerprint density at radius 3 is 2.63 bits per heavy atom. The number of nitrogens with zero attached hydrogens (tertiary/aromatic N) is 4. The van der Waals surface area contributed by atoms with Crippen LogP contribution in [-0.2, 0) is 16.1 Å². The average Bonchev–Trinajstić information content (AvgIpc) is 3.27. The molecule has 2 atom stereocenters. The summed E-state index contributed by atoms with van der Waals surface area (Å²) in [5.74, 6) is -0.769. The molecule has 3 aromatic carbocycles. The zero-order valence-electron chi connectivity index (χ0n) is 19.0. The molecule has 2 heterocycles. The molecule has 0 spiro atoms. The third-order valence-electron chi connectivity index (χ3n) is 6.76. The number of carbonyl (C=O) groups is 1. The SMILES string of the molecule is O=C(O)CCON1N=C2c3ccc(-c4ccccc4)cc3CCC2C1c1ccc2nccnc2c1. The van der Waals surface area contributed by atoms with Gasteiger partial charge in [-0.05, 0) is 47.2 Å². The molecule has 7 nitrogen and oxygen atoms in total. The number of benzene rings is 3. The van der Waals surface area contributed by atoms with Crippen molar-refractivity contribution in [2.24, 2.45) is 11.0 Å². The van der Waals surface area contributed by atoms with Gasteiger partial charge in [-0.25, -0.2) is 0 Å². The maximum Gasteiger partial charge on any atom is 0.305 e. The minimum absolute atomic E-state index is 0.0581. The second-order valence-corrected chi connectivity index (χ2v) is 8.90. The Morgan fingerprint density at radius 1 is 0.971 bits per heavy atom. The number of hydrogen-bond donors (Lipinski definition) is 1. The lowest BCUT2D eigenvalue weighted by molar-refractivity contribution is -0.190. The number of aliphatic carboxylic acids is 1. The van der Waals surface area contributed by atoms with E-state index in [2.05, 4.69) is 52.4 Å². The van der Waals surface area contributed by atoms with Crippen molar-refractivity contribution < 1.29 is 14.7 Å². The van der Waals surface area contributed by atoms with Crippen LogP contribution in [0.4, 0.5) is 0 Å². The van der Waals surface area contributed by atoms with Gasteiger partial charge in [0.25, 0.3) is 0 Å². The Bertz CT molecular complexity index is 1440. The van der Waals surface area contributed by atoms with Crippen LogP contribution in [0.2, 0.25) is 0 Å². The number of hydrazone groups is 1. The molecular weight excluding hydrogens is 440 g/mol. The molecule has 35 heavy (non-hydrogen) atoms. The van der Waals surface area contributed by atoms with Crippen LogP contribution >= 0.6 is 0 Å². The quantitative estimate of drug-likeness (QED) is 0.431. The third-order valence-corrected chi connectivity index (χ3v) is 6.76. The van der Waals surface area contributed by atoms with E-state index < -0.39 is 5.97 Å². The summed E-state index contributed by atoms with van der Waals surface area (Å²) in [5, 5.41) is 15.6. The predicted octanol–water partition coefficient (Wildman–Crippen LogP) is 5.03. The Hall–Kier alpha value is -4.10. The molecule has 0 amide bonds. The smallest absolute Gasteiger partial charge is 0.305 e. The highest BCUT2D eigenvalue weighted by atomic mass is 16.7. The van der Waals surface area contributed by atoms with E-state index in [0.29, 0.717) is 0 Å². The van der Waals surface area contributed by atoms with E-state index in [1.54, 1.807) is 17.6 Å². The molecule has 7 heteroatoms. The topological polar surface area (TPSA) is 87.9 Å². The van der Waals surface area contributed by atoms with E-state index in [4.69, 9.17) is 15.0 Å². The van der Waals surface area contributed by atoms with Gasteiger partial charge in [-0.2, -0.15) is 10.3 Å². The Labute approximate surface area is 202 Å². The highest BCUT2D eigenvalue weighted by molar-refractivity contribution is 6.06. The molecule has 174 valence electrons. The van der Waals surface area contributed by atoms with Crippen LogP contribution in [0.5, 0.6) is 0 Å². The molecular formula is C28H24N4O3. The molecule has 4 aromatic rings. The number of hydrogen-bond acceptors (Lipinski definition) is 6. The molecule has 1 N–H and O–H groups in total. The largest absolute Gasteiger partial charge is 0.481 e. The number of carboxylic acids is 1. The molecule has 1 aliphatic carbocycles. The highest BCUT2D eigenvalue weighted by Crippen LogP contribution is 2.44. The van der Waals surface area contributed by atoms with Gasteiger partial charge in [0, 0.05) is 23.9 Å². The predicted molar refractivity (Wildman–Crippen MR) is 133 cm³/mol. The maximum absolute atomic E-state index is 11.1. The van der Waals surface area contributed by atoms with Gasteiger partial charge in [0.2, 0.25) is 0 Å². The highest BCUT2D eigenvalue weighted by Gasteiger charge is 2.42. The van der Waals surface area contributed by atoms with Crippen LogP contribution in [-0.4, -0.2) is 38.5 Å². The van der Waals surface area contributed by atoms with Crippen LogP contribution < -0.4 is 0 Å². The van der Waals surface area contributed by atoms with Crippen molar-refractivity contribution in [3.8, 4) is 11.1 Å². The average molecular weight is 465 g/mol. The molecule has 1 aliphatic heterocycles. The first-order valence-electron chi connectivity index (χ1n) is 11.8. The summed E-state index contributed by atoms with van der Waals surface area (Å²) in [7, 11) is 0. The summed E-state index contributed by atoms with van der Waals surface area (Å²) in [4.78, 5) is 25.9. The fraction of sp³-hybridized carbons (Fsp3) is 0.214. The summed E-state index contributed by atoms with van der Waals surface area (Å²) in [5.41, 5.74) is 8.46. The Balaban J connectivity index is 1.37. The normalized spacial score (nSPS) is 18.7. The second kappa shape index (κ2) is 8.92. The first-order chi connectivity index (χ1) is 17.2. The van der Waals surface area contributed by atoms with E-state index >= 15 is 0 Å². The summed E-state index contributed by atoms with van der Waals surface area (Å²) in [6, 6.07) is 22.8. The minimum Gasteiger partial charge on any atom is -0.481 e. The maximum atomic E-state index is 11.1. The number of fused-ring (bicyclic) bond motifs is 4. The summed E-state index contributed by atoms with van der Waals surface area (Å²) >= 11 is 0. The van der Waals surface area contributed by atoms with Crippen molar-refractivity contribution in [1.29, 1.82) is 0 Å². The lowest BCUT2D eigenvalue weighted by atomic mass is 9.77.